The summed E-state index contributed by atoms with van der Waals surface area (Å²) in [5.74, 6) is 0. The van der Waals surface area contributed by atoms with Gasteiger partial charge in [-0.2, -0.15) is 0 Å². The molecule has 0 radical (unpaired) electrons. The Bertz CT molecular complexity index is 75.4. The van der Waals surface area contributed by atoms with E-state index in [2.05, 4.69) is 0 Å². The molecular formula is C4H9NO3. The van der Waals surface area contributed by atoms with E-state index < -0.39 is 6.16 Å². The van der Waals surface area contributed by atoms with Gasteiger partial charge in [-0.25, -0.2) is 4.79 Å². The Morgan fingerprint density at radius 3 is 1.62 bits per heavy atom. The molecule has 1 aliphatic rings. The van der Waals surface area contributed by atoms with Gasteiger partial charge in [0.15, 0.2) is 0 Å². The molecule has 0 aromatic rings. The molecule has 1 rings (SSSR count). The molecule has 0 heterocycles. The van der Waals surface area contributed by atoms with Crippen LogP contribution in [0.4, 0.5) is 4.79 Å². The van der Waals surface area contributed by atoms with Gasteiger partial charge in [0.1, 0.15) is 0 Å². The van der Waals surface area contributed by atoms with E-state index in [1.165, 1.54) is 12.8 Å². The highest BCUT2D eigenvalue weighted by Crippen LogP contribution is 2.13. The fourth-order valence-electron chi connectivity index (χ4n) is 0.0962. The minimum Gasteiger partial charge on any atom is -0.450 e. The van der Waals surface area contributed by atoms with Crippen LogP contribution in [-0.4, -0.2) is 22.4 Å². The van der Waals surface area contributed by atoms with E-state index in [0.29, 0.717) is 6.04 Å². The number of hydrogen-bond acceptors (Lipinski definition) is 2. The largest absolute Gasteiger partial charge is 0.503 e. The normalized spacial score (nSPS) is 16.1. The third-order valence-corrected chi connectivity index (χ3v) is 0.622. The Morgan fingerprint density at radius 2 is 1.62 bits per heavy atom. The molecule has 0 unspecified atom stereocenters. The van der Waals surface area contributed by atoms with Gasteiger partial charge in [0.2, 0.25) is 0 Å². The van der Waals surface area contributed by atoms with Crippen LogP contribution in [0.3, 0.4) is 0 Å². The van der Waals surface area contributed by atoms with Crippen molar-refractivity contribution in [3.63, 3.8) is 0 Å². The molecule has 0 aromatic heterocycles. The third-order valence-electron chi connectivity index (χ3n) is 0.622. The van der Waals surface area contributed by atoms with Gasteiger partial charge in [-0.05, 0) is 12.8 Å². The smallest absolute Gasteiger partial charge is 0.450 e. The van der Waals surface area contributed by atoms with Crippen molar-refractivity contribution in [1.29, 1.82) is 0 Å². The van der Waals surface area contributed by atoms with Crippen LogP contribution < -0.4 is 5.73 Å². The van der Waals surface area contributed by atoms with Crippen LogP contribution in [0.25, 0.3) is 0 Å². The zero-order valence-electron chi connectivity index (χ0n) is 4.37. The molecule has 0 aromatic carbocycles. The molecule has 8 heavy (non-hydrogen) atoms. The summed E-state index contributed by atoms with van der Waals surface area (Å²) >= 11 is 0. The number of rotatable bonds is 0. The molecule has 0 bridgehead atoms. The van der Waals surface area contributed by atoms with E-state index >= 15 is 0 Å². The summed E-state index contributed by atoms with van der Waals surface area (Å²) in [5.41, 5.74) is 5.22. The number of nitrogens with two attached hydrogens (primary N) is 1. The first kappa shape index (κ1) is 7.23. The SMILES string of the molecule is NC1CC1.O=C(O)O. The van der Waals surface area contributed by atoms with Crippen LogP contribution in [0.5, 0.6) is 0 Å². The highest BCUT2D eigenvalue weighted by molar-refractivity contribution is 5.53. The summed E-state index contributed by atoms with van der Waals surface area (Å²) < 4.78 is 0. The average molecular weight is 119 g/mol. The summed E-state index contributed by atoms with van der Waals surface area (Å²) in [7, 11) is 0. The number of hydrogen-bond donors (Lipinski definition) is 3. The molecule has 4 nitrogen and oxygen atoms in total. The van der Waals surface area contributed by atoms with E-state index in [0.717, 1.165) is 0 Å². The Morgan fingerprint density at radius 1 is 1.50 bits per heavy atom. The van der Waals surface area contributed by atoms with Crippen molar-refractivity contribution in [2.45, 2.75) is 18.9 Å². The lowest BCUT2D eigenvalue weighted by atomic mass is 10.8. The van der Waals surface area contributed by atoms with Crippen molar-refractivity contribution in [3.8, 4) is 0 Å². The maximum Gasteiger partial charge on any atom is 0.503 e. The molecule has 4 heteroatoms. The number of carboxylic acid groups (broad SMARTS) is 2. The van der Waals surface area contributed by atoms with Crippen LogP contribution in [0.1, 0.15) is 12.8 Å². The summed E-state index contributed by atoms with van der Waals surface area (Å²) in [6, 6.07) is 0.583. The van der Waals surface area contributed by atoms with Crippen molar-refractivity contribution in [1.82, 2.24) is 0 Å². The lowest BCUT2D eigenvalue weighted by Gasteiger charge is -1.60. The van der Waals surface area contributed by atoms with E-state index in [-0.39, 0.29) is 0 Å². The lowest BCUT2D eigenvalue weighted by Crippen LogP contribution is -1.94. The monoisotopic (exact) mass is 119 g/mol. The van der Waals surface area contributed by atoms with Crippen molar-refractivity contribution in [2.24, 2.45) is 5.73 Å². The van der Waals surface area contributed by atoms with Gasteiger partial charge >= 0.3 is 6.16 Å². The fourth-order valence-corrected chi connectivity index (χ4v) is 0.0962. The maximum atomic E-state index is 8.56. The zero-order chi connectivity index (χ0) is 6.57. The Labute approximate surface area is 46.9 Å². The van der Waals surface area contributed by atoms with E-state index in [9.17, 15) is 0 Å². The second-order valence-electron chi connectivity index (χ2n) is 1.62. The van der Waals surface area contributed by atoms with Crippen LogP contribution in [-0.2, 0) is 0 Å². The van der Waals surface area contributed by atoms with Gasteiger partial charge in [0, 0.05) is 6.04 Å². The van der Waals surface area contributed by atoms with Gasteiger partial charge in [0.05, 0.1) is 0 Å². The highest BCUT2D eigenvalue weighted by atomic mass is 16.6. The second kappa shape index (κ2) is 3.26. The first-order chi connectivity index (χ1) is 3.63. The van der Waals surface area contributed by atoms with Gasteiger partial charge in [0.25, 0.3) is 0 Å². The predicted molar refractivity (Wildman–Crippen MR) is 27.9 cm³/mol. The van der Waals surface area contributed by atoms with Crippen molar-refractivity contribution in [2.75, 3.05) is 0 Å². The van der Waals surface area contributed by atoms with E-state index in [1.807, 2.05) is 0 Å². The first-order valence-electron chi connectivity index (χ1n) is 2.30. The minimum absolute atomic E-state index is 0.583. The van der Waals surface area contributed by atoms with Crippen LogP contribution in [0.2, 0.25) is 0 Å². The first-order valence-corrected chi connectivity index (χ1v) is 2.30. The molecule has 0 atom stereocenters. The summed E-state index contributed by atoms with van der Waals surface area (Å²) in [6.07, 6.45) is 0.694. The van der Waals surface area contributed by atoms with Crippen LogP contribution in [0.15, 0.2) is 0 Å². The molecule has 0 spiro atoms. The van der Waals surface area contributed by atoms with E-state index in [4.69, 9.17) is 20.7 Å². The fraction of sp³-hybridized carbons (Fsp3) is 0.750. The molecular weight excluding hydrogens is 110 g/mol. The number of carbonyl (C=O) groups is 1. The van der Waals surface area contributed by atoms with E-state index in [1.54, 1.807) is 0 Å². The van der Waals surface area contributed by atoms with Crippen molar-refractivity contribution in [3.05, 3.63) is 0 Å². The average Bonchev–Trinajstić information content (AvgIpc) is 2.19. The molecule has 48 valence electrons. The lowest BCUT2D eigenvalue weighted by molar-refractivity contribution is 0.137. The third kappa shape index (κ3) is 18.8. The van der Waals surface area contributed by atoms with Crippen molar-refractivity contribution >= 4 is 6.16 Å². The van der Waals surface area contributed by atoms with Crippen LogP contribution >= 0.6 is 0 Å². The Hall–Kier alpha value is -0.770. The molecule has 0 amide bonds. The quantitative estimate of drug-likeness (QED) is 0.429. The summed E-state index contributed by atoms with van der Waals surface area (Å²) in [4.78, 5) is 8.56. The van der Waals surface area contributed by atoms with Crippen LogP contribution in [0, 0.1) is 0 Å². The zero-order valence-corrected chi connectivity index (χ0v) is 4.37. The van der Waals surface area contributed by atoms with Gasteiger partial charge in [-0.3, -0.25) is 0 Å². The maximum absolute atomic E-state index is 8.56. The molecule has 0 aliphatic heterocycles. The second-order valence-corrected chi connectivity index (χ2v) is 1.62. The topological polar surface area (TPSA) is 83.6 Å². The minimum atomic E-state index is -1.83. The molecule has 1 fully saturated rings. The standard InChI is InChI=1S/C3H7N.CH2O3/c4-3-1-2-3;2-1(3)4/h3H,1-2,4H2;(H2,2,3,4). The van der Waals surface area contributed by atoms with Crippen molar-refractivity contribution < 1.29 is 15.0 Å². The van der Waals surface area contributed by atoms with Gasteiger partial charge < -0.3 is 15.9 Å². The van der Waals surface area contributed by atoms with Gasteiger partial charge in [-0.1, -0.05) is 0 Å². The summed E-state index contributed by atoms with van der Waals surface area (Å²) in [6.45, 7) is 0. The Balaban J connectivity index is 0.000000122. The predicted octanol–water partition coefficient (Wildman–Crippen LogP) is 0.330. The molecule has 1 aliphatic carbocycles. The summed E-state index contributed by atoms with van der Waals surface area (Å²) in [5, 5.41) is 13.9. The molecule has 1 saturated carbocycles. The Kier molecular flexibility index (Phi) is 2.95. The molecule has 4 N–H and O–H groups in total. The highest BCUT2D eigenvalue weighted by Gasteiger charge is 2.13. The van der Waals surface area contributed by atoms with Gasteiger partial charge in [-0.15, -0.1) is 0 Å². The molecule has 0 saturated heterocycles.